The molecule has 0 N–H and O–H groups in total. The van der Waals surface area contributed by atoms with Gasteiger partial charge in [-0.2, -0.15) is 0 Å². The molecule has 1 aromatic rings. The Morgan fingerprint density at radius 3 is 2.17 bits per heavy atom. The molecule has 0 aromatic heterocycles. The van der Waals surface area contributed by atoms with Gasteiger partial charge >= 0.3 is 0 Å². The summed E-state index contributed by atoms with van der Waals surface area (Å²) in [6.07, 6.45) is 9.24. The number of nitrogens with zero attached hydrogens (tertiary/aromatic N) is 2. The lowest BCUT2D eigenvalue weighted by molar-refractivity contribution is 0.221. The average molecular weight is 310 g/mol. The summed E-state index contributed by atoms with van der Waals surface area (Å²) in [4.78, 5) is 5.15. The summed E-state index contributed by atoms with van der Waals surface area (Å²) in [5.74, 6) is 6.86. The molecule has 124 valence electrons. The van der Waals surface area contributed by atoms with Gasteiger partial charge in [0.1, 0.15) is 0 Å². The van der Waals surface area contributed by atoms with Crippen LogP contribution in [0.15, 0.2) is 24.3 Å². The molecule has 0 bridgehead atoms. The predicted molar refractivity (Wildman–Crippen MR) is 97.4 cm³/mol. The molecule has 2 heteroatoms. The van der Waals surface area contributed by atoms with Crippen molar-refractivity contribution < 1.29 is 0 Å². The van der Waals surface area contributed by atoms with Crippen molar-refractivity contribution in [2.75, 3.05) is 32.7 Å². The standard InChI is InChI=1S/C21H30N2/c1-6-14-22(15-7-1)16-10-5-12-20-11-3-4-13-21(20)19-23-17-8-2-9-18-23/h3-4,11,13H,1-2,6-10,14-19H2. The van der Waals surface area contributed by atoms with E-state index in [0.717, 1.165) is 19.5 Å². The van der Waals surface area contributed by atoms with E-state index >= 15 is 0 Å². The molecule has 2 heterocycles. The molecule has 2 aliphatic heterocycles. The van der Waals surface area contributed by atoms with E-state index < -0.39 is 0 Å². The van der Waals surface area contributed by atoms with E-state index in [0.29, 0.717) is 0 Å². The Morgan fingerprint density at radius 2 is 1.43 bits per heavy atom. The minimum Gasteiger partial charge on any atom is -0.302 e. The zero-order valence-corrected chi connectivity index (χ0v) is 14.4. The van der Waals surface area contributed by atoms with Crippen molar-refractivity contribution in [1.29, 1.82) is 0 Å². The normalized spacial score (nSPS) is 20.0. The Bertz CT molecular complexity index is 528. The van der Waals surface area contributed by atoms with Crippen LogP contribution in [0.1, 0.15) is 56.1 Å². The third-order valence-electron chi connectivity index (χ3n) is 5.08. The van der Waals surface area contributed by atoms with Crippen molar-refractivity contribution in [3.8, 4) is 11.8 Å². The Kier molecular flexibility index (Phi) is 6.55. The third kappa shape index (κ3) is 5.37. The first-order valence-electron chi connectivity index (χ1n) is 9.43. The fourth-order valence-corrected chi connectivity index (χ4v) is 3.69. The van der Waals surface area contributed by atoms with Gasteiger partial charge in [-0.25, -0.2) is 0 Å². The number of hydrogen-bond donors (Lipinski definition) is 0. The highest BCUT2D eigenvalue weighted by Gasteiger charge is 2.12. The van der Waals surface area contributed by atoms with Gasteiger partial charge in [-0.05, 0) is 63.5 Å². The zero-order valence-electron chi connectivity index (χ0n) is 14.4. The van der Waals surface area contributed by atoms with Gasteiger partial charge in [-0.15, -0.1) is 0 Å². The quantitative estimate of drug-likeness (QED) is 0.778. The van der Waals surface area contributed by atoms with E-state index in [1.807, 2.05) is 0 Å². The van der Waals surface area contributed by atoms with Crippen LogP contribution in [0.4, 0.5) is 0 Å². The maximum Gasteiger partial charge on any atom is 0.0290 e. The number of benzene rings is 1. The van der Waals surface area contributed by atoms with Crippen molar-refractivity contribution in [1.82, 2.24) is 9.80 Å². The first kappa shape index (κ1) is 16.6. The molecule has 0 atom stereocenters. The molecule has 0 radical (unpaired) electrons. The monoisotopic (exact) mass is 310 g/mol. The Labute approximate surface area is 141 Å². The molecular formula is C21H30N2. The Hall–Kier alpha value is -1.30. The van der Waals surface area contributed by atoms with Crippen LogP contribution in [0.2, 0.25) is 0 Å². The highest BCUT2D eigenvalue weighted by molar-refractivity contribution is 5.41. The lowest BCUT2D eigenvalue weighted by Gasteiger charge is -2.26. The second kappa shape index (κ2) is 9.11. The van der Waals surface area contributed by atoms with Gasteiger partial charge in [0.05, 0.1) is 0 Å². The molecule has 2 aliphatic rings. The molecule has 23 heavy (non-hydrogen) atoms. The highest BCUT2D eigenvalue weighted by atomic mass is 15.1. The Balaban J connectivity index is 1.53. The largest absolute Gasteiger partial charge is 0.302 e. The van der Waals surface area contributed by atoms with Gasteiger partial charge in [-0.1, -0.05) is 42.9 Å². The summed E-state index contributed by atoms with van der Waals surface area (Å²) in [7, 11) is 0. The fourth-order valence-electron chi connectivity index (χ4n) is 3.69. The molecular weight excluding hydrogens is 280 g/mol. The summed E-state index contributed by atoms with van der Waals surface area (Å²) in [6, 6.07) is 8.71. The van der Waals surface area contributed by atoms with Crippen molar-refractivity contribution in [3.05, 3.63) is 35.4 Å². The number of piperidine rings is 2. The van der Waals surface area contributed by atoms with Gasteiger partial charge < -0.3 is 4.90 Å². The average Bonchev–Trinajstić information content (AvgIpc) is 2.62. The summed E-state index contributed by atoms with van der Waals surface area (Å²) < 4.78 is 0. The maximum absolute atomic E-state index is 3.44. The van der Waals surface area contributed by atoms with E-state index in [2.05, 4.69) is 45.9 Å². The van der Waals surface area contributed by atoms with E-state index in [1.54, 1.807) is 0 Å². The van der Waals surface area contributed by atoms with Gasteiger partial charge in [0, 0.05) is 25.1 Å². The number of likely N-dealkylation sites (tertiary alicyclic amines) is 2. The van der Waals surface area contributed by atoms with Crippen molar-refractivity contribution >= 4 is 0 Å². The van der Waals surface area contributed by atoms with Crippen LogP contribution in [0.5, 0.6) is 0 Å². The molecule has 2 saturated heterocycles. The van der Waals surface area contributed by atoms with Crippen LogP contribution in [0, 0.1) is 11.8 Å². The van der Waals surface area contributed by atoms with Crippen molar-refractivity contribution in [2.45, 2.75) is 51.5 Å². The maximum atomic E-state index is 3.44. The van der Waals surface area contributed by atoms with Gasteiger partial charge in [0.2, 0.25) is 0 Å². The first-order valence-corrected chi connectivity index (χ1v) is 9.43. The SMILES string of the molecule is C(#Cc1ccccc1CN1CCCCC1)CCN1CCCCC1. The van der Waals surface area contributed by atoms with Crippen LogP contribution in [0.3, 0.4) is 0 Å². The molecule has 0 amide bonds. The van der Waals surface area contributed by atoms with Crippen LogP contribution in [-0.4, -0.2) is 42.5 Å². The minimum absolute atomic E-state index is 0.998. The van der Waals surface area contributed by atoms with Crippen LogP contribution in [-0.2, 0) is 6.54 Å². The smallest absolute Gasteiger partial charge is 0.0290 e. The second-order valence-corrected chi connectivity index (χ2v) is 6.95. The minimum atomic E-state index is 0.998. The molecule has 3 rings (SSSR count). The lowest BCUT2D eigenvalue weighted by atomic mass is 10.1. The van der Waals surface area contributed by atoms with Crippen LogP contribution in [0.25, 0.3) is 0 Å². The predicted octanol–water partition coefficient (Wildman–Crippen LogP) is 3.90. The fraction of sp³-hybridized carbons (Fsp3) is 0.619. The summed E-state index contributed by atoms with van der Waals surface area (Å²) >= 11 is 0. The molecule has 1 aromatic carbocycles. The summed E-state index contributed by atoms with van der Waals surface area (Å²) in [5.41, 5.74) is 2.64. The van der Waals surface area contributed by atoms with Crippen molar-refractivity contribution in [3.63, 3.8) is 0 Å². The number of hydrogen-bond acceptors (Lipinski definition) is 2. The molecule has 2 nitrogen and oxygen atoms in total. The molecule has 0 saturated carbocycles. The molecule has 2 fully saturated rings. The first-order chi connectivity index (χ1) is 11.4. The number of rotatable bonds is 4. The zero-order chi connectivity index (χ0) is 15.7. The second-order valence-electron chi connectivity index (χ2n) is 6.95. The van der Waals surface area contributed by atoms with Gasteiger partial charge in [0.25, 0.3) is 0 Å². The Morgan fingerprint density at radius 1 is 0.783 bits per heavy atom. The summed E-state index contributed by atoms with van der Waals surface area (Å²) in [6.45, 7) is 7.24. The highest BCUT2D eigenvalue weighted by Crippen LogP contribution is 2.15. The van der Waals surface area contributed by atoms with E-state index in [-0.39, 0.29) is 0 Å². The van der Waals surface area contributed by atoms with Crippen LogP contribution < -0.4 is 0 Å². The topological polar surface area (TPSA) is 6.48 Å². The van der Waals surface area contributed by atoms with Crippen LogP contribution >= 0.6 is 0 Å². The third-order valence-corrected chi connectivity index (χ3v) is 5.08. The van der Waals surface area contributed by atoms with E-state index in [4.69, 9.17) is 0 Å². The lowest BCUT2D eigenvalue weighted by Crippen LogP contribution is -2.30. The molecule has 0 unspecified atom stereocenters. The summed E-state index contributed by atoms with van der Waals surface area (Å²) in [5, 5.41) is 0. The van der Waals surface area contributed by atoms with E-state index in [1.165, 1.54) is 75.8 Å². The van der Waals surface area contributed by atoms with E-state index in [9.17, 15) is 0 Å². The van der Waals surface area contributed by atoms with Crippen molar-refractivity contribution in [2.24, 2.45) is 0 Å². The molecule has 0 aliphatic carbocycles. The van der Waals surface area contributed by atoms with Gasteiger partial charge in [0.15, 0.2) is 0 Å². The molecule has 0 spiro atoms. The van der Waals surface area contributed by atoms with Gasteiger partial charge in [-0.3, -0.25) is 4.90 Å².